The molecule has 1 heterocycles. The second-order valence-electron chi connectivity index (χ2n) is 8.00. The Kier molecular flexibility index (Phi) is 6.33. The summed E-state index contributed by atoms with van der Waals surface area (Å²) in [5.74, 6) is -0.801. The van der Waals surface area contributed by atoms with Gasteiger partial charge in [0.25, 0.3) is 0 Å². The van der Waals surface area contributed by atoms with Crippen LogP contribution < -0.4 is 0 Å². The summed E-state index contributed by atoms with van der Waals surface area (Å²) >= 11 is 0. The molecule has 0 aliphatic carbocycles. The van der Waals surface area contributed by atoms with Gasteiger partial charge in [0, 0.05) is 6.42 Å². The summed E-state index contributed by atoms with van der Waals surface area (Å²) in [5, 5.41) is 0. The average molecular weight is 327 g/mol. The van der Waals surface area contributed by atoms with Crippen LogP contribution in [0.5, 0.6) is 0 Å². The molecular weight excluding hydrogens is 298 g/mol. The van der Waals surface area contributed by atoms with E-state index in [1.807, 2.05) is 20.8 Å². The lowest BCUT2D eigenvalue weighted by molar-refractivity contribution is -0.154. The average Bonchev–Trinajstić information content (AvgIpc) is 2.68. The van der Waals surface area contributed by atoms with Crippen LogP contribution in [0.2, 0.25) is 0 Å². The molecule has 1 unspecified atom stereocenters. The molecule has 0 saturated carbocycles. The highest BCUT2D eigenvalue weighted by Crippen LogP contribution is 2.35. The minimum Gasteiger partial charge on any atom is -0.463 e. The summed E-state index contributed by atoms with van der Waals surface area (Å²) in [6.07, 6.45) is 0.269. The molecule has 23 heavy (non-hydrogen) atoms. The number of nitrogens with zero attached hydrogens (tertiary/aromatic N) is 1. The maximum Gasteiger partial charge on any atom is 0.311 e. The number of hydrogen-bond donors (Lipinski definition) is 0. The van der Waals surface area contributed by atoms with Gasteiger partial charge in [-0.2, -0.15) is 0 Å². The van der Waals surface area contributed by atoms with Gasteiger partial charge < -0.3 is 9.47 Å². The van der Waals surface area contributed by atoms with Crippen LogP contribution in [0.15, 0.2) is 0 Å². The third kappa shape index (κ3) is 5.61. The van der Waals surface area contributed by atoms with Crippen molar-refractivity contribution >= 4 is 17.8 Å². The maximum absolute atomic E-state index is 12.3. The molecule has 0 aromatic carbocycles. The third-order valence-corrected chi connectivity index (χ3v) is 3.82. The van der Waals surface area contributed by atoms with Crippen LogP contribution in [0.25, 0.3) is 0 Å². The van der Waals surface area contributed by atoms with Crippen molar-refractivity contribution < 1.29 is 23.9 Å². The number of amides is 2. The Morgan fingerprint density at radius 1 is 1.09 bits per heavy atom. The highest BCUT2D eigenvalue weighted by Gasteiger charge is 2.44. The van der Waals surface area contributed by atoms with E-state index >= 15 is 0 Å². The number of rotatable bonds is 6. The van der Waals surface area contributed by atoms with E-state index in [0.717, 1.165) is 0 Å². The van der Waals surface area contributed by atoms with Crippen LogP contribution >= 0.6 is 0 Å². The van der Waals surface area contributed by atoms with Crippen molar-refractivity contribution in [3.05, 3.63) is 0 Å². The van der Waals surface area contributed by atoms with Crippen LogP contribution in [0.3, 0.4) is 0 Å². The fourth-order valence-electron chi connectivity index (χ4n) is 2.26. The summed E-state index contributed by atoms with van der Waals surface area (Å²) in [7, 11) is 0. The van der Waals surface area contributed by atoms with E-state index in [4.69, 9.17) is 9.47 Å². The maximum atomic E-state index is 12.3. The van der Waals surface area contributed by atoms with Crippen LogP contribution in [-0.4, -0.2) is 49.0 Å². The van der Waals surface area contributed by atoms with Crippen molar-refractivity contribution in [3.8, 4) is 0 Å². The molecule has 0 bridgehead atoms. The van der Waals surface area contributed by atoms with Crippen LogP contribution in [0, 0.1) is 16.7 Å². The van der Waals surface area contributed by atoms with E-state index in [9.17, 15) is 14.4 Å². The van der Waals surface area contributed by atoms with E-state index in [1.54, 1.807) is 20.8 Å². The first kappa shape index (κ1) is 19.6. The molecule has 6 heteroatoms. The highest BCUT2D eigenvalue weighted by molar-refractivity contribution is 6.03. The van der Waals surface area contributed by atoms with Crippen LogP contribution in [0.4, 0.5) is 0 Å². The molecular formula is C17H29NO5. The molecule has 0 radical (unpaired) electrons. The summed E-state index contributed by atoms with van der Waals surface area (Å²) in [4.78, 5) is 37.0. The van der Waals surface area contributed by atoms with Crippen molar-refractivity contribution in [1.82, 2.24) is 4.90 Å². The predicted octanol–water partition coefficient (Wildman–Crippen LogP) is 2.01. The molecule has 1 aliphatic rings. The smallest absolute Gasteiger partial charge is 0.311 e. The third-order valence-electron chi connectivity index (χ3n) is 3.82. The van der Waals surface area contributed by atoms with Gasteiger partial charge in [-0.05, 0) is 26.2 Å². The summed E-state index contributed by atoms with van der Waals surface area (Å²) in [6, 6.07) is 0. The minimum atomic E-state index is -0.531. The number of hydrogen-bond acceptors (Lipinski definition) is 5. The predicted molar refractivity (Wildman–Crippen MR) is 85.5 cm³/mol. The first-order chi connectivity index (χ1) is 10.4. The van der Waals surface area contributed by atoms with E-state index in [-0.39, 0.29) is 61.9 Å². The fourth-order valence-corrected chi connectivity index (χ4v) is 2.26. The molecule has 6 nitrogen and oxygen atoms in total. The normalized spacial score (nSPS) is 19.4. The number of esters is 1. The van der Waals surface area contributed by atoms with Crippen LogP contribution in [0.1, 0.15) is 48.0 Å². The molecule has 0 spiro atoms. The first-order valence-corrected chi connectivity index (χ1v) is 8.04. The number of carbonyl (C=O) groups excluding carboxylic acids is 3. The monoisotopic (exact) mass is 327 g/mol. The number of likely N-dealkylation sites (tertiary alicyclic amines) is 1. The molecule has 0 aromatic heterocycles. The van der Waals surface area contributed by atoms with Gasteiger partial charge >= 0.3 is 5.97 Å². The van der Waals surface area contributed by atoms with Gasteiger partial charge in [0.05, 0.1) is 31.1 Å². The van der Waals surface area contributed by atoms with E-state index in [1.165, 1.54) is 4.90 Å². The van der Waals surface area contributed by atoms with Gasteiger partial charge in [0.1, 0.15) is 6.61 Å². The van der Waals surface area contributed by atoms with E-state index in [0.29, 0.717) is 0 Å². The molecule has 1 aliphatic heterocycles. The Hall–Kier alpha value is -1.43. The van der Waals surface area contributed by atoms with Gasteiger partial charge in [-0.3, -0.25) is 19.3 Å². The van der Waals surface area contributed by atoms with Crippen LogP contribution in [-0.2, 0) is 23.9 Å². The molecule has 1 fully saturated rings. The van der Waals surface area contributed by atoms with E-state index < -0.39 is 5.41 Å². The standard InChI is InChI=1S/C17H29NO5/c1-16(2,3)12-11-13(19)18(14(12)20)7-8-22-9-10-23-15(21)17(4,5)6/h12H,7-11H2,1-6H3. The Morgan fingerprint density at radius 3 is 2.17 bits per heavy atom. The zero-order valence-electron chi connectivity index (χ0n) is 15.1. The van der Waals surface area contributed by atoms with Gasteiger partial charge in [0.2, 0.25) is 11.8 Å². The second-order valence-corrected chi connectivity index (χ2v) is 8.00. The first-order valence-electron chi connectivity index (χ1n) is 8.04. The SMILES string of the molecule is CC(C)(C)C(=O)OCCOCCN1C(=O)CC(C(C)(C)C)C1=O. The van der Waals surface area contributed by atoms with Crippen molar-refractivity contribution in [3.63, 3.8) is 0 Å². The Bertz CT molecular complexity index is 459. The molecule has 0 N–H and O–H groups in total. The largest absolute Gasteiger partial charge is 0.463 e. The van der Waals surface area contributed by atoms with Gasteiger partial charge in [-0.25, -0.2) is 0 Å². The topological polar surface area (TPSA) is 72.9 Å². The Labute approximate surface area is 138 Å². The zero-order valence-corrected chi connectivity index (χ0v) is 15.1. The summed E-state index contributed by atoms with van der Waals surface area (Å²) in [6.45, 7) is 12.2. The number of ether oxygens (including phenoxy) is 2. The minimum absolute atomic E-state index is 0.120. The van der Waals surface area contributed by atoms with Crippen molar-refractivity contribution in [2.75, 3.05) is 26.4 Å². The molecule has 1 atom stereocenters. The quantitative estimate of drug-likeness (QED) is 0.424. The summed E-state index contributed by atoms with van der Waals surface area (Å²) in [5.41, 5.74) is -0.750. The van der Waals surface area contributed by atoms with Crippen molar-refractivity contribution in [2.24, 2.45) is 16.7 Å². The number of imide groups is 1. The molecule has 1 saturated heterocycles. The Morgan fingerprint density at radius 2 is 1.70 bits per heavy atom. The van der Waals surface area contributed by atoms with Gasteiger partial charge in [-0.15, -0.1) is 0 Å². The van der Waals surface area contributed by atoms with E-state index in [2.05, 4.69) is 0 Å². The lowest BCUT2D eigenvalue weighted by atomic mass is 9.80. The highest BCUT2D eigenvalue weighted by atomic mass is 16.6. The molecule has 0 aromatic rings. The molecule has 2 amide bonds. The Balaban J connectivity index is 2.28. The lowest BCUT2D eigenvalue weighted by Crippen LogP contribution is -2.36. The lowest BCUT2D eigenvalue weighted by Gasteiger charge is -2.24. The van der Waals surface area contributed by atoms with Crippen molar-refractivity contribution in [1.29, 1.82) is 0 Å². The van der Waals surface area contributed by atoms with Gasteiger partial charge in [-0.1, -0.05) is 20.8 Å². The second kappa shape index (κ2) is 7.43. The zero-order chi connectivity index (χ0) is 17.8. The fraction of sp³-hybridized carbons (Fsp3) is 0.824. The number of carbonyl (C=O) groups is 3. The molecule has 132 valence electrons. The summed E-state index contributed by atoms with van der Waals surface area (Å²) < 4.78 is 10.4. The van der Waals surface area contributed by atoms with Crippen molar-refractivity contribution in [2.45, 2.75) is 48.0 Å². The van der Waals surface area contributed by atoms with Gasteiger partial charge in [0.15, 0.2) is 0 Å². The molecule has 1 rings (SSSR count).